The van der Waals surface area contributed by atoms with E-state index in [1.165, 1.54) is 27.4 Å². The summed E-state index contributed by atoms with van der Waals surface area (Å²) in [6.45, 7) is -0.435. The number of oxime groups is 1. The maximum atomic E-state index is 13.3. The van der Waals surface area contributed by atoms with Crippen molar-refractivity contribution in [2.75, 3.05) is 13.1 Å². The molecule has 2 aromatic heterocycles. The number of aromatic nitrogens is 3. The molecular formula is C27H25F6N5O2S. The molecule has 1 aliphatic carbocycles. The van der Waals surface area contributed by atoms with Gasteiger partial charge in [0.25, 0.3) is 0 Å². The molecule has 0 radical (unpaired) electrons. The summed E-state index contributed by atoms with van der Waals surface area (Å²) in [6.07, 6.45) is -5.56. The summed E-state index contributed by atoms with van der Waals surface area (Å²) in [5.41, 5.74) is 0.216. The summed E-state index contributed by atoms with van der Waals surface area (Å²) in [7, 11) is 0. The van der Waals surface area contributed by atoms with Crippen molar-refractivity contribution in [3.05, 3.63) is 68.9 Å². The van der Waals surface area contributed by atoms with Crippen molar-refractivity contribution in [2.45, 2.75) is 68.9 Å². The number of alkyl halides is 6. The maximum absolute atomic E-state index is 13.3. The van der Waals surface area contributed by atoms with Gasteiger partial charge >= 0.3 is 12.4 Å². The molecule has 218 valence electrons. The van der Waals surface area contributed by atoms with Crippen molar-refractivity contribution in [1.82, 2.24) is 19.7 Å². The van der Waals surface area contributed by atoms with Gasteiger partial charge in [-0.2, -0.15) is 31.4 Å². The van der Waals surface area contributed by atoms with E-state index in [-0.39, 0.29) is 29.8 Å². The number of aryl methyl sites for hydroxylation is 1. The first-order valence-corrected chi connectivity index (χ1v) is 14.1. The van der Waals surface area contributed by atoms with Crippen LogP contribution in [0.2, 0.25) is 0 Å². The molecule has 3 aromatic rings. The van der Waals surface area contributed by atoms with Crippen LogP contribution in [0.5, 0.6) is 0 Å². The number of piperidine rings is 1. The van der Waals surface area contributed by atoms with Gasteiger partial charge in [0.1, 0.15) is 18.0 Å². The van der Waals surface area contributed by atoms with Crippen LogP contribution in [0.3, 0.4) is 0 Å². The molecule has 1 amide bonds. The topological polar surface area (TPSA) is 72.6 Å². The Morgan fingerprint density at radius 1 is 1.10 bits per heavy atom. The molecule has 0 unspecified atom stereocenters. The molecule has 1 fully saturated rings. The van der Waals surface area contributed by atoms with E-state index >= 15 is 0 Å². The van der Waals surface area contributed by atoms with Gasteiger partial charge in [-0.3, -0.25) is 9.48 Å². The zero-order chi connectivity index (χ0) is 29.0. The Labute approximate surface area is 234 Å². The lowest BCUT2D eigenvalue weighted by molar-refractivity contribution is -0.146. The van der Waals surface area contributed by atoms with Crippen LogP contribution in [0.4, 0.5) is 26.3 Å². The minimum atomic E-state index is -5.08. The number of hydrogen-bond donors (Lipinski definition) is 0. The van der Waals surface area contributed by atoms with Gasteiger partial charge in [0.05, 0.1) is 10.7 Å². The van der Waals surface area contributed by atoms with Crippen molar-refractivity contribution in [2.24, 2.45) is 5.16 Å². The van der Waals surface area contributed by atoms with Crippen molar-refractivity contribution in [3.63, 3.8) is 0 Å². The Bertz CT molecular complexity index is 1490. The molecule has 7 nitrogen and oxygen atoms in total. The smallest absolute Gasteiger partial charge is 0.384 e. The zero-order valence-corrected chi connectivity index (χ0v) is 22.5. The molecular weight excluding hydrogens is 572 g/mol. The Kier molecular flexibility index (Phi) is 6.86. The van der Waals surface area contributed by atoms with Crippen LogP contribution < -0.4 is 0 Å². The lowest BCUT2D eigenvalue weighted by Gasteiger charge is -2.33. The molecule has 0 N–H and O–H groups in total. The van der Waals surface area contributed by atoms with E-state index in [4.69, 9.17) is 9.82 Å². The minimum Gasteiger partial charge on any atom is -0.384 e. The molecule has 1 aromatic carbocycles. The van der Waals surface area contributed by atoms with Crippen LogP contribution in [0.25, 0.3) is 0 Å². The van der Waals surface area contributed by atoms with E-state index in [1.807, 2.05) is 17.5 Å². The quantitative estimate of drug-likeness (QED) is 0.339. The monoisotopic (exact) mass is 597 g/mol. The largest absolute Gasteiger partial charge is 0.435 e. The van der Waals surface area contributed by atoms with Crippen molar-refractivity contribution in [3.8, 4) is 0 Å². The number of carbonyl (C=O) groups excluding carboxylic acids is 1. The predicted molar refractivity (Wildman–Crippen MR) is 136 cm³/mol. The summed E-state index contributed by atoms with van der Waals surface area (Å²) < 4.78 is 78.8. The van der Waals surface area contributed by atoms with E-state index in [1.54, 1.807) is 0 Å². The molecule has 1 spiro atoms. The van der Waals surface area contributed by atoms with E-state index in [2.05, 4.69) is 22.4 Å². The Hall–Kier alpha value is -3.42. The number of likely N-dealkylation sites (tertiary alicyclic amines) is 1. The molecule has 14 heteroatoms. The average molecular weight is 598 g/mol. The molecule has 0 bridgehead atoms. The van der Waals surface area contributed by atoms with Crippen molar-refractivity contribution >= 4 is 23.0 Å². The number of thiazole rings is 1. The lowest BCUT2D eigenvalue weighted by Crippen LogP contribution is -2.40. The molecule has 3 aliphatic rings. The normalized spacial score (nSPS) is 21.6. The zero-order valence-electron chi connectivity index (χ0n) is 21.6. The van der Waals surface area contributed by atoms with Crippen LogP contribution in [-0.4, -0.2) is 44.4 Å². The first-order chi connectivity index (χ1) is 19.4. The summed E-state index contributed by atoms with van der Waals surface area (Å²) in [5, 5.41) is 10.2. The van der Waals surface area contributed by atoms with Gasteiger partial charge in [-0.25, -0.2) is 4.98 Å². The molecule has 41 heavy (non-hydrogen) atoms. The summed E-state index contributed by atoms with van der Waals surface area (Å²) in [4.78, 5) is 24.9. The first-order valence-electron chi connectivity index (χ1n) is 13.2. The third kappa shape index (κ3) is 5.33. The second-order valence-corrected chi connectivity index (χ2v) is 11.5. The fourth-order valence-electron chi connectivity index (χ4n) is 5.89. The fraction of sp³-hybridized carbons (Fsp3) is 0.481. The van der Waals surface area contributed by atoms with Gasteiger partial charge in [-0.1, -0.05) is 29.4 Å². The van der Waals surface area contributed by atoms with Crippen LogP contribution in [0, 0.1) is 0 Å². The second-order valence-electron chi connectivity index (χ2n) is 10.6. The van der Waals surface area contributed by atoms with E-state index in [0.29, 0.717) is 19.3 Å². The van der Waals surface area contributed by atoms with Gasteiger partial charge in [0.15, 0.2) is 11.3 Å². The van der Waals surface area contributed by atoms with Gasteiger partial charge in [-0.15, -0.1) is 11.3 Å². The summed E-state index contributed by atoms with van der Waals surface area (Å²) >= 11 is 1.49. The SMILES string of the molecule is O=C(Cn1nc(C(F)(F)F)cc1C(F)(F)F)N1CCC(c2nc(C3=NO[C@]4(CCCc5ccccc54)C3)cs2)CC1. The average Bonchev–Trinajstić information content (AvgIpc) is 3.68. The van der Waals surface area contributed by atoms with Crippen LogP contribution >= 0.6 is 11.3 Å². The van der Waals surface area contributed by atoms with Crippen LogP contribution in [0.1, 0.15) is 71.2 Å². The lowest BCUT2D eigenvalue weighted by atomic mass is 9.76. The highest BCUT2D eigenvalue weighted by Gasteiger charge is 2.45. The molecule has 6 rings (SSSR count). The molecule has 1 saturated heterocycles. The van der Waals surface area contributed by atoms with Crippen molar-refractivity contribution < 1.29 is 36.0 Å². The number of halogens is 6. The molecule has 4 heterocycles. The standard InChI is InChI=1S/C27H25F6N5O2S/c28-26(29,30)21-12-22(27(31,32)33)38(35-21)14-23(39)37-10-7-17(8-11-37)24-34-20(15-41-24)19-13-25(40-36-19)9-3-5-16-4-1-2-6-18(16)25/h1-2,4,6,12,15,17H,3,5,7-11,13-14H2/t25-/m1/s1. The Morgan fingerprint density at radius 2 is 1.85 bits per heavy atom. The third-order valence-electron chi connectivity index (χ3n) is 7.98. The van der Waals surface area contributed by atoms with Gasteiger partial charge in [-0.05, 0) is 37.7 Å². The van der Waals surface area contributed by atoms with E-state index < -0.39 is 41.8 Å². The second kappa shape index (κ2) is 10.1. The Morgan fingerprint density at radius 3 is 2.59 bits per heavy atom. The maximum Gasteiger partial charge on any atom is 0.435 e. The number of nitrogens with zero attached hydrogens (tertiary/aromatic N) is 5. The highest BCUT2D eigenvalue weighted by atomic mass is 32.1. The van der Waals surface area contributed by atoms with Gasteiger partial charge < -0.3 is 9.74 Å². The van der Waals surface area contributed by atoms with Crippen LogP contribution in [0.15, 0.2) is 40.9 Å². The minimum absolute atomic E-state index is 0.0392. The van der Waals surface area contributed by atoms with Crippen LogP contribution in [-0.2, 0) is 40.6 Å². The van der Waals surface area contributed by atoms with Crippen molar-refractivity contribution in [1.29, 1.82) is 0 Å². The Balaban J connectivity index is 1.08. The highest BCUT2D eigenvalue weighted by Crippen LogP contribution is 2.45. The molecule has 1 atom stereocenters. The number of rotatable bonds is 4. The number of benzene rings is 1. The summed E-state index contributed by atoms with van der Waals surface area (Å²) in [6, 6.07) is 8.18. The van der Waals surface area contributed by atoms with Gasteiger partial charge in [0.2, 0.25) is 5.91 Å². The fourth-order valence-corrected chi connectivity index (χ4v) is 6.89. The molecule has 2 aliphatic heterocycles. The summed E-state index contributed by atoms with van der Waals surface area (Å²) in [5.74, 6) is -0.682. The number of fused-ring (bicyclic) bond motifs is 2. The van der Waals surface area contributed by atoms with E-state index in [9.17, 15) is 31.1 Å². The number of hydrogen-bond acceptors (Lipinski definition) is 6. The van der Waals surface area contributed by atoms with Gasteiger partial charge in [0, 0.05) is 42.4 Å². The molecule has 0 saturated carbocycles. The highest BCUT2D eigenvalue weighted by molar-refractivity contribution is 7.10. The predicted octanol–water partition coefficient (Wildman–Crippen LogP) is 6.14. The van der Waals surface area contributed by atoms with E-state index in [0.717, 1.165) is 35.7 Å². The first kappa shape index (κ1) is 27.7. The number of amides is 1. The third-order valence-corrected chi connectivity index (χ3v) is 8.99. The number of carbonyl (C=O) groups is 1.